The van der Waals surface area contributed by atoms with Crippen molar-refractivity contribution in [1.29, 1.82) is 0 Å². The van der Waals surface area contributed by atoms with Crippen molar-refractivity contribution < 1.29 is 9.90 Å². The standard InChI is InChI=1S/C27H38O2/c1-8-26(6,7)25(29)16-12-21-11-13-22(17-19(21)4)27(9-2,10-3)23-14-15-24(28)20(5)18-23/h11,13-15,17-18,28H,8-10,12,16H2,1-7H3. The molecule has 29 heavy (non-hydrogen) atoms. The summed E-state index contributed by atoms with van der Waals surface area (Å²) in [6, 6.07) is 12.8. The number of benzene rings is 2. The summed E-state index contributed by atoms with van der Waals surface area (Å²) in [5.74, 6) is 0.695. The SMILES string of the molecule is CCC(C)(C)C(=O)CCc1ccc(C(CC)(CC)c2ccc(O)c(C)c2)cc1C. The highest BCUT2D eigenvalue weighted by molar-refractivity contribution is 5.84. The summed E-state index contributed by atoms with van der Waals surface area (Å²) < 4.78 is 0. The summed E-state index contributed by atoms with van der Waals surface area (Å²) in [5, 5.41) is 9.96. The highest BCUT2D eigenvalue weighted by Gasteiger charge is 2.31. The van der Waals surface area contributed by atoms with Crippen LogP contribution in [0.4, 0.5) is 0 Å². The van der Waals surface area contributed by atoms with E-state index in [4.69, 9.17) is 0 Å². The molecule has 1 N–H and O–H groups in total. The van der Waals surface area contributed by atoms with E-state index in [1.54, 1.807) is 0 Å². The molecule has 0 heterocycles. The van der Waals surface area contributed by atoms with Crippen LogP contribution in [0.1, 0.15) is 88.1 Å². The molecule has 2 heteroatoms. The Bertz CT molecular complexity index is 857. The minimum atomic E-state index is -0.232. The Morgan fingerprint density at radius 3 is 1.90 bits per heavy atom. The molecule has 2 nitrogen and oxygen atoms in total. The molecule has 0 aromatic heterocycles. The summed E-state index contributed by atoms with van der Waals surface area (Å²) in [6.45, 7) is 14.8. The van der Waals surface area contributed by atoms with Crippen LogP contribution in [0.25, 0.3) is 0 Å². The van der Waals surface area contributed by atoms with E-state index in [-0.39, 0.29) is 10.8 Å². The van der Waals surface area contributed by atoms with Crippen molar-refractivity contribution in [2.75, 3.05) is 0 Å². The molecule has 0 aliphatic rings. The van der Waals surface area contributed by atoms with Crippen molar-refractivity contribution >= 4 is 5.78 Å². The van der Waals surface area contributed by atoms with Crippen LogP contribution in [-0.4, -0.2) is 10.9 Å². The Hall–Kier alpha value is -2.09. The van der Waals surface area contributed by atoms with Gasteiger partial charge in [0, 0.05) is 17.3 Å². The molecule has 0 spiro atoms. The van der Waals surface area contributed by atoms with E-state index in [1.807, 2.05) is 26.8 Å². The van der Waals surface area contributed by atoms with Gasteiger partial charge in [-0.05, 0) is 73.4 Å². The number of carbonyl (C=O) groups is 1. The average molecular weight is 395 g/mol. The molecule has 0 radical (unpaired) electrons. The number of aryl methyl sites for hydroxylation is 3. The first-order valence-corrected chi connectivity index (χ1v) is 11.0. The van der Waals surface area contributed by atoms with Gasteiger partial charge in [0.2, 0.25) is 0 Å². The third-order valence-corrected chi connectivity index (χ3v) is 7.11. The topological polar surface area (TPSA) is 37.3 Å². The minimum Gasteiger partial charge on any atom is -0.508 e. The molecule has 0 bridgehead atoms. The lowest BCUT2D eigenvalue weighted by Crippen LogP contribution is -2.26. The number of phenolic OH excluding ortho intramolecular Hbond substituents is 1. The van der Waals surface area contributed by atoms with Crippen LogP contribution in [0.15, 0.2) is 36.4 Å². The fourth-order valence-corrected chi connectivity index (χ4v) is 4.24. The smallest absolute Gasteiger partial charge is 0.138 e. The Balaban J connectivity index is 2.34. The average Bonchev–Trinajstić information content (AvgIpc) is 2.70. The number of phenols is 1. The van der Waals surface area contributed by atoms with Gasteiger partial charge in [-0.15, -0.1) is 0 Å². The summed E-state index contributed by atoms with van der Waals surface area (Å²) in [4.78, 5) is 12.5. The normalized spacial score (nSPS) is 12.2. The van der Waals surface area contributed by atoms with Crippen LogP contribution in [-0.2, 0) is 16.6 Å². The van der Waals surface area contributed by atoms with Gasteiger partial charge in [-0.1, -0.05) is 65.0 Å². The Labute approximate surface area is 177 Å². The van der Waals surface area contributed by atoms with Crippen molar-refractivity contribution in [3.05, 3.63) is 64.2 Å². The molecule has 158 valence electrons. The van der Waals surface area contributed by atoms with Crippen molar-refractivity contribution in [3.63, 3.8) is 0 Å². The Morgan fingerprint density at radius 2 is 1.41 bits per heavy atom. The highest BCUT2D eigenvalue weighted by atomic mass is 16.3. The van der Waals surface area contributed by atoms with Gasteiger partial charge in [0.1, 0.15) is 11.5 Å². The third kappa shape index (κ3) is 4.74. The van der Waals surface area contributed by atoms with Gasteiger partial charge in [0.25, 0.3) is 0 Å². The van der Waals surface area contributed by atoms with Gasteiger partial charge in [0.15, 0.2) is 0 Å². The fourth-order valence-electron chi connectivity index (χ4n) is 4.24. The Kier molecular flexibility index (Phi) is 7.32. The van der Waals surface area contributed by atoms with Crippen LogP contribution in [0, 0.1) is 19.3 Å². The molecule has 0 unspecified atom stereocenters. The zero-order valence-corrected chi connectivity index (χ0v) is 19.4. The van der Waals surface area contributed by atoms with Crippen LogP contribution in [0.5, 0.6) is 5.75 Å². The molecule has 2 rings (SSSR count). The number of carbonyl (C=O) groups excluding carboxylic acids is 1. The Morgan fingerprint density at radius 1 is 0.862 bits per heavy atom. The van der Waals surface area contributed by atoms with Gasteiger partial charge in [-0.2, -0.15) is 0 Å². The number of hydrogen-bond acceptors (Lipinski definition) is 2. The van der Waals surface area contributed by atoms with Gasteiger partial charge < -0.3 is 5.11 Å². The molecule has 0 saturated heterocycles. The van der Waals surface area contributed by atoms with E-state index in [0.29, 0.717) is 18.0 Å². The minimum absolute atomic E-state index is 0.0677. The second-order valence-electron chi connectivity index (χ2n) is 9.09. The lowest BCUT2D eigenvalue weighted by Gasteiger charge is -2.34. The molecular formula is C27H38O2. The first kappa shape index (κ1) is 23.2. The molecule has 2 aromatic carbocycles. The summed E-state index contributed by atoms with van der Waals surface area (Å²) in [6.07, 6.45) is 4.28. The number of rotatable bonds is 9. The van der Waals surface area contributed by atoms with E-state index >= 15 is 0 Å². The predicted octanol–water partition coefficient (Wildman–Crippen LogP) is 7.05. The summed E-state index contributed by atoms with van der Waals surface area (Å²) in [5.41, 5.74) is 5.70. The predicted molar refractivity (Wildman–Crippen MR) is 123 cm³/mol. The molecule has 0 saturated carbocycles. The first-order valence-electron chi connectivity index (χ1n) is 11.0. The number of Topliss-reactive ketones (excluding diaryl/α,β-unsaturated/α-hetero) is 1. The highest BCUT2D eigenvalue weighted by Crippen LogP contribution is 2.40. The van der Waals surface area contributed by atoms with Crippen molar-refractivity contribution in [2.24, 2.45) is 5.41 Å². The van der Waals surface area contributed by atoms with Crippen molar-refractivity contribution in [3.8, 4) is 5.75 Å². The zero-order valence-electron chi connectivity index (χ0n) is 19.4. The van der Waals surface area contributed by atoms with E-state index in [1.165, 1.54) is 22.3 Å². The fraction of sp³-hybridized carbons (Fsp3) is 0.519. The lowest BCUT2D eigenvalue weighted by atomic mass is 9.69. The van der Waals surface area contributed by atoms with Crippen molar-refractivity contribution in [1.82, 2.24) is 0 Å². The number of ketones is 1. The first-order chi connectivity index (χ1) is 13.6. The second-order valence-corrected chi connectivity index (χ2v) is 9.09. The van der Waals surface area contributed by atoms with Crippen molar-refractivity contribution in [2.45, 2.75) is 86.0 Å². The summed E-state index contributed by atoms with van der Waals surface area (Å²) >= 11 is 0. The van der Waals surface area contributed by atoms with E-state index in [0.717, 1.165) is 31.2 Å². The van der Waals surface area contributed by atoms with Crippen LogP contribution in [0.2, 0.25) is 0 Å². The molecule has 0 aliphatic heterocycles. The molecule has 0 atom stereocenters. The molecule has 0 aliphatic carbocycles. The maximum atomic E-state index is 12.5. The number of hydrogen-bond donors (Lipinski definition) is 1. The molecule has 0 amide bonds. The van der Waals surface area contributed by atoms with E-state index < -0.39 is 0 Å². The maximum Gasteiger partial charge on any atom is 0.138 e. The van der Waals surface area contributed by atoms with E-state index in [9.17, 15) is 9.90 Å². The maximum absolute atomic E-state index is 12.5. The van der Waals surface area contributed by atoms with Gasteiger partial charge in [0.05, 0.1) is 0 Å². The monoisotopic (exact) mass is 394 g/mol. The van der Waals surface area contributed by atoms with Gasteiger partial charge in [-0.3, -0.25) is 4.79 Å². The van der Waals surface area contributed by atoms with E-state index in [2.05, 4.69) is 58.0 Å². The molecule has 0 fully saturated rings. The van der Waals surface area contributed by atoms with Crippen LogP contribution in [0.3, 0.4) is 0 Å². The summed E-state index contributed by atoms with van der Waals surface area (Å²) in [7, 11) is 0. The molecular weight excluding hydrogens is 356 g/mol. The largest absolute Gasteiger partial charge is 0.508 e. The molecule has 2 aromatic rings. The van der Waals surface area contributed by atoms with Gasteiger partial charge >= 0.3 is 0 Å². The lowest BCUT2D eigenvalue weighted by molar-refractivity contribution is -0.127. The van der Waals surface area contributed by atoms with Crippen LogP contribution < -0.4 is 0 Å². The third-order valence-electron chi connectivity index (χ3n) is 7.11. The van der Waals surface area contributed by atoms with Crippen LogP contribution >= 0.6 is 0 Å². The second kappa shape index (κ2) is 9.15. The number of aromatic hydroxyl groups is 1. The zero-order chi connectivity index (χ0) is 21.8. The van der Waals surface area contributed by atoms with Gasteiger partial charge in [-0.25, -0.2) is 0 Å². The quantitative estimate of drug-likeness (QED) is 0.494.